The van der Waals surface area contributed by atoms with Gasteiger partial charge in [-0.1, -0.05) is 48.0 Å². The highest BCUT2D eigenvalue weighted by molar-refractivity contribution is 6.31. The van der Waals surface area contributed by atoms with E-state index in [0.29, 0.717) is 5.56 Å². The molecule has 2 aromatic rings. The van der Waals surface area contributed by atoms with Gasteiger partial charge in [0.15, 0.2) is 0 Å². The summed E-state index contributed by atoms with van der Waals surface area (Å²) < 4.78 is 13.9. The van der Waals surface area contributed by atoms with Crippen LogP contribution in [0.25, 0.3) is 0 Å². The number of rotatable bonds is 4. The van der Waals surface area contributed by atoms with Gasteiger partial charge in [0.05, 0.1) is 6.10 Å². The number of hydrogen-bond acceptors (Lipinski definition) is 2. The molecule has 2 nitrogen and oxygen atoms in total. The van der Waals surface area contributed by atoms with Crippen molar-refractivity contribution in [3.8, 4) is 0 Å². The molecule has 100 valence electrons. The van der Waals surface area contributed by atoms with Crippen molar-refractivity contribution in [2.24, 2.45) is 5.73 Å². The third kappa shape index (κ3) is 2.95. The lowest BCUT2D eigenvalue weighted by Gasteiger charge is -2.23. The minimum absolute atomic E-state index is 0.108. The van der Waals surface area contributed by atoms with E-state index in [1.807, 2.05) is 18.2 Å². The van der Waals surface area contributed by atoms with Crippen LogP contribution in [0.4, 0.5) is 4.39 Å². The van der Waals surface area contributed by atoms with Crippen LogP contribution in [0.3, 0.4) is 0 Å². The maximum Gasteiger partial charge on any atom is 0.128 e. The molecule has 2 atom stereocenters. The molecule has 0 heterocycles. The molecule has 4 heteroatoms. The van der Waals surface area contributed by atoms with Crippen molar-refractivity contribution in [1.29, 1.82) is 0 Å². The zero-order valence-corrected chi connectivity index (χ0v) is 11.0. The first kappa shape index (κ1) is 14.0. The van der Waals surface area contributed by atoms with Gasteiger partial charge in [-0.3, -0.25) is 0 Å². The topological polar surface area (TPSA) is 46.2 Å². The van der Waals surface area contributed by atoms with Crippen LogP contribution < -0.4 is 5.73 Å². The first-order valence-electron chi connectivity index (χ1n) is 6.02. The van der Waals surface area contributed by atoms with Crippen LogP contribution in [0, 0.1) is 5.82 Å². The maximum absolute atomic E-state index is 13.9. The van der Waals surface area contributed by atoms with E-state index in [4.69, 9.17) is 17.3 Å². The van der Waals surface area contributed by atoms with E-state index in [9.17, 15) is 9.50 Å². The SMILES string of the molecule is NCC(c1c(F)cccc1Cl)C(O)c1ccccc1. The lowest BCUT2D eigenvalue weighted by Crippen LogP contribution is -2.21. The van der Waals surface area contributed by atoms with Gasteiger partial charge < -0.3 is 10.8 Å². The van der Waals surface area contributed by atoms with Gasteiger partial charge in [0.1, 0.15) is 5.82 Å². The molecule has 0 aromatic heterocycles. The molecule has 0 amide bonds. The molecular formula is C15H15ClFNO. The lowest BCUT2D eigenvalue weighted by atomic mass is 9.89. The smallest absolute Gasteiger partial charge is 0.128 e. The van der Waals surface area contributed by atoms with Crippen LogP contribution in [0.2, 0.25) is 5.02 Å². The molecule has 0 radical (unpaired) electrons. The zero-order chi connectivity index (χ0) is 13.8. The summed E-state index contributed by atoms with van der Waals surface area (Å²) in [7, 11) is 0. The van der Waals surface area contributed by atoms with Crippen molar-refractivity contribution >= 4 is 11.6 Å². The van der Waals surface area contributed by atoms with Crippen molar-refractivity contribution < 1.29 is 9.50 Å². The second-order valence-electron chi connectivity index (χ2n) is 4.33. The summed E-state index contributed by atoms with van der Waals surface area (Å²) >= 11 is 6.03. The lowest BCUT2D eigenvalue weighted by molar-refractivity contribution is 0.146. The van der Waals surface area contributed by atoms with Gasteiger partial charge in [-0.05, 0) is 17.7 Å². The van der Waals surface area contributed by atoms with Crippen molar-refractivity contribution in [3.63, 3.8) is 0 Å². The molecule has 0 saturated carbocycles. The Morgan fingerprint density at radius 1 is 1.11 bits per heavy atom. The Balaban J connectivity index is 2.40. The number of halogens is 2. The third-order valence-electron chi connectivity index (χ3n) is 3.15. The van der Waals surface area contributed by atoms with Gasteiger partial charge in [-0.25, -0.2) is 4.39 Å². The number of benzene rings is 2. The Bertz CT molecular complexity index is 527. The van der Waals surface area contributed by atoms with Gasteiger partial charge in [0.2, 0.25) is 0 Å². The number of hydrogen-bond donors (Lipinski definition) is 2. The second-order valence-corrected chi connectivity index (χ2v) is 4.74. The van der Waals surface area contributed by atoms with E-state index in [0.717, 1.165) is 0 Å². The van der Waals surface area contributed by atoms with E-state index in [1.54, 1.807) is 18.2 Å². The normalized spacial score (nSPS) is 14.1. The second kappa shape index (κ2) is 6.15. The highest BCUT2D eigenvalue weighted by atomic mass is 35.5. The minimum Gasteiger partial charge on any atom is -0.388 e. The third-order valence-corrected chi connectivity index (χ3v) is 3.48. The molecule has 0 spiro atoms. The van der Waals surface area contributed by atoms with Crippen LogP contribution in [0.5, 0.6) is 0 Å². The summed E-state index contributed by atoms with van der Waals surface area (Å²) in [5.41, 5.74) is 6.65. The van der Waals surface area contributed by atoms with E-state index in [1.165, 1.54) is 12.1 Å². The largest absolute Gasteiger partial charge is 0.388 e. The summed E-state index contributed by atoms with van der Waals surface area (Å²) in [5.74, 6) is -1.02. The molecule has 0 aliphatic rings. The fourth-order valence-electron chi connectivity index (χ4n) is 2.15. The van der Waals surface area contributed by atoms with Gasteiger partial charge in [-0.2, -0.15) is 0 Å². The van der Waals surface area contributed by atoms with Crippen molar-refractivity contribution in [2.45, 2.75) is 12.0 Å². The van der Waals surface area contributed by atoms with Crippen LogP contribution in [0.15, 0.2) is 48.5 Å². The molecule has 2 rings (SSSR count). The van der Waals surface area contributed by atoms with Crippen LogP contribution in [0.1, 0.15) is 23.1 Å². The quantitative estimate of drug-likeness (QED) is 0.902. The molecule has 2 aromatic carbocycles. The number of aliphatic hydroxyl groups is 1. The molecule has 0 saturated heterocycles. The van der Waals surface area contributed by atoms with Crippen LogP contribution in [-0.4, -0.2) is 11.7 Å². The van der Waals surface area contributed by atoms with Gasteiger partial charge >= 0.3 is 0 Å². The Kier molecular flexibility index (Phi) is 4.53. The van der Waals surface area contributed by atoms with Crippen molar-refractivity contribution in [3.05, 3.63) is 70.5 Å². The van der Waals surface area contributed by atoms with Gasteiger partial charge in [-0.15, -0.1) is 0 Å². The zero-order valence-electron chi connectivity index (χ0n) is 10.3. The molecule has 19 heavy (non-hydrogen) atoms. The minimum atomic E-state index is -0.888. The summed E-state index contributed by atoms with van der Waals surface area (Å²) in [6, 6.07) is 13.5. The van der Waals surface area contributed by atoms with Gasteiger partial charge in [0, 0.05) is 23.0 Å². The molecular weight excluding hydrogens is 265 g/mol. The molecule has 3 N–H and O–H groups in total. The number of aliphatic hydroxyl groups excluding tert-OH is 1. The predicted octanol–water partition coefficient (Wildman–Crippen LogP) is 3.26. The average molecular weight is 280 g/mol. The Morgan fingerprint density at radius 2 is 1.79 bits per heavy atom. The van der Waals surface area contributed by atoms with E-state index in [-0.39, 0.29) is 17.1 Å². The van der Waals surface area contributed by atoms with E-state index < -0.39 is 17.8 Å². The van der Waals surface area contributed by atoms with Crippen LogP contribution in [-0.2, 0) is 0 Å². The van der Waals surface area contributed by atoms with Gasteiger partial charge in [0.25, 0.3) is 0 Å². The molecule has 0 fully saturated rings. The first-order valence-corrected chi connectivity index (χ1v) is 6.40. The molecule has 0 aliphatic heterocycles. The fourth-order valence-corrected chi connectivity index (χ4v) is 2.46. The molecule has 0 bridgehead atoms. The van der Waals surface area contributed by atoms with E-state index in [2.05, 4.69) is 0 Å². The highest BCUT2D eigenvalue weighted by Crippen LogP contribution is 2.35. The van der Waals surface area contributed by atoms with Crippen molar-refractivity contribution in [1.82, 2.24) is 0 Å². The highest BCUT2D eigenvalue weighted by Gasteiger charge is 2.26. The Morgan fingerprint density at radius 3 is 2.37 bits per heavy atom. The first-order chi connectivity index (χ1) is 9.15. The molecule has 2 unspecified atom stereocenters. The molecule has 0 aliphatic carbocycles. The van der Waals surface area contributed by atoms with Crippen LogP contribution >= 0.6 is 11.6 Å². The fraction of sp³-hybridized carbons (Fsp3) is 0.200. The monoisotopic (exact) mass is 279 g/mol. The average Bonchev–Trinajstić information content (AvgIpc) is 2.43. The Labute approximate surface area is 116 Å². The number of nitrogens with two attached hydrogens (primary N) is 1. The van der Waals surface area contributed by atoms with E-state index >= 15 is 0 Å². The summed E-state index contributed by atoms with van der Waals surface area (Å²) in [4.78, 5) is 0. The predicted molar refractivity (Wildman–Crippen MR) is 74.6 cm³/mol. The summed E-state index contributed by atoms with van der Waals surface area (Å²) in [5, 5.41) is 10.7. The standard InChI is InChI=1S/C15H15ClFNO/c16-12-7-4-8-13(17)14(12)11(9-18)15(19)10-5-2-1-3-6-10/h1-8,11,15,19H,9,18H2. The summed E-state index contributed by atoms with van der Waals surface area (Å²) in [6.45, 7) is 0.108. The van der Waals surface area contributed by atoms with Crippen molar-refractivity contribution in [2.75, 3.05) is 6.54 Å². The Hall–Kier alpha value is -1.42. The summed E-state index contributed by atoms with van der Waals surface area (Å²) in [6.07, 6.45) is -0.888. The maximum atomic E-state index is 13.9.